The summed E-state index contributed by atoms with van der Waals surface area (Å²) in [5.41, 5.74) is 0. The minimum absolute atomic E-state index is 0. The van der Waals surface area contributed by atoms with Crippen LogP contribution in [0.1, 0.15) is 33.1 Å². The Kier molecular flexibility index (Phi) is 8.59. The minimum Gasteiger partial charge on any atom is -0.379 e. The molecule has 3 atom stereocenters. The van der Waals surface area contributed by atoms with E-state index in [1.165, 1.54) is 12.8 Å². The highest BCUT2D eigenvalue weighted by Gasteiger charge is 2.34. The van der Waals surface area contributed by atoms with E-state index >= 15 is 0 Å². The number of halogens is 1. The van der Waals surface area contributed by atoms with Crippen molar-refractivity contribution in [1.82, 2.24) is 15.4 Å². The van der Waals surface area contributed by atoms with Crippen LogP contribution in [0.2, 0.25) is 0 Å². The first-order valence-corrected chi connectivity index (χ1v) is 9.67. The van der Waals surface area contributed by atoms with Crippen molar-refractivity contribution in [3.63, 3.8) is 0 Å². The molecular weight excluding hydrogens is 326 g/mol. The fourth-order valence-electron chi connectivity index (χ4n) is 3.38. The first-order chi connectivity index (χ1) is 9.98. The smallest absolute Gasteiger partial charge is 0.213 e. The lowest BCUT2D eigenvalue weighted by Crippen LogP contribution is -2.51. The van der Waals surface area contributed by atoms with Crippen LogP contribution >= 0.6 is 12.4 Å². The molecule has 1 saturated carbocycles. The Morgan fingerprint density at radius 3 is 2.73 bits per heavy atom. The van der Waals surface area contributed by atoms with E-state index in [0.29, 0.717) is 24.5 Å². The number of nitrogens with one attached hydrogen (secondary N) is 3. The molecular formula is C14H30ClN3O3S. The lowest BCUT2D eigenvalue weighted by atomic mass is 9.94. The Morgan fingerprint density at radius 2 is 2.09 bits per heavy atom. The van der Waals surface area contributed by atoms with Crippen LogP contribution in [0.25, 0.3) is 0 Å². The summed E-state index contributed by atoms with van der Waals surface area (Å²) in [6.07, 6.45) is 3.52. The average Bonchev–Trinajstić information content (AvgIpc) is 2.86. The van der Waals surface area contributed by atoms with Gasteiger partial charge in [0.05, 0.1) is 19.0 Å². The molecule has 0 bridgehead atoms. The van der Waals surface area contributed by atoms with Crippen LogP contribution in [-0.2, 0) is 14.8 Å². The largest absolute Gasteiger partial charge is 0.379 e. The molecule has 2 rings (SSSR count). The fourth-order valence-corrected chi connectivity index (χ4v) is 4.60. The highest BCUT2D eigenvalue weighted by atomic mass is 35.5. The van der Waals surface area contributed by atoms with Crippen molar-refractivity contribution in [1.29, 1.82) is 0 Å². The van der Waals surface area contributed by atoms with Crippen LogP contribution in [0.3, 0.4) is 0 Å². The van der Waals surface area contributed by atoms with Crippen molar-refractivity contribution < 1.29 is 13.2 Å². The quantitative estimate of drug-likeness (QED) is 0.619. The molecule has 0 aromatic carbocycles. The van der Waals surface area contributed by atoms with Gasteiger partial charge in [0.2, 0.25) is 10.0 Å². The third-order valence-electron chi connectivity index (χ3n) is 4.23. The lowest BCUT2D eigenvalue weighted by molar-refractivity contribution is 0.0527. The average molecular weight is 356 g/mol. The van der Waals surface area contributed by atoms with Gasteiger partial charge < -0.3 is 15.4 Å². The molecule has 0 radical (unpaired) electrons. The molecule has 1 aliphatic heterocycles. The van der Waals surface area contributed by atoms with Crippen molar-refractivity contribution in [2.75, 3.05) is 32.1 Å². The van der Waals surface area contributed by atoms with Crippen molar-refractivity contribution in [3.8, 4) is 0 Å². The fraction of sp³-hybridized carbons (Fsp3) is 1.00. The van der Waals surface area contributed by atoms with Gasteiger partial charge in [-0.2, -0.15) is 0 Å². The van der Waals surface area contributed by atoms with Crippen LogP contribution in [0.4, 0.5) is 0 Å². The standard InChI is InChI=1S/C14H29N3O3S.ClH/c1-11(2)17-21(18,19)9-7-16-13-5-3-4-12(13)14-10-20-8-6-15-14;/h11-17H,3-10H2,1-2H3;1H. The maximum Gasteiger partial charge on any atom is 0.213 e. The number of morpholine rings is 1. The number of sulfonamides is 1. The molecule has 1 aliphatic carbocycles. The molecule has 1 saturated heterocycles. The molecule has 8 heteroatoms. The number of hydrogen-bond acceptors (Lipinski definition) is 5. The molecule has 3 unspecified atom stereocenters. The van der Waals surface area contributed by atoms with Crippen LogP contribution in [0.15, 0.2) is 0 Å². The van der Waals surface area contributed by atoms with E-state index in [9.17, 15) is 8.42 Å². The van der Waals surface area contributed by atoms with Crippen molar-refractivity contribution in [3.05, 3.63) is 0 Å². The second kappa shape index (κ2) is 9.39. The molecule has 2 fully saturated rings. The molecule has 0 spiro atoms. The van der Waals surface area contributed by atoms with Crippen LogP contribution in [0.5, 0.6) is 0 Å². The first-order valence-electron chi connectivity index (χ1n) is 8.02. The number of ether oxygens (including phenoxy) is 1. The Labute approximate surface area is 140 Å². The van der Waals surface area contributed by atoms with E-state index in [2.05, 4.69) is 15.4 Å². The summed E-state index contributed by atoms with van der Waals surface area (Å²) in [7, 11) is -3.17. The summed E-state index contributed by atoms with van der Waals surface area (Å²) in [5.74, 6) is 0.689. The van der Waals surface area contributed by atoms with E-state index in [0.717, 1.165) is 26.2 Å². The number of hydrogen-bond donors (Lipinski definition) is 3. The van der Waals surface area contributed by atoms with E-state index in [1.807, 2.05) is 13.8 Å². The van der Waals surface area contributed by atoms with Gasteiger partial charge >= 0.3 is 0 Å². The molecule has 3 N–H and O–H groups in total. The summed E-state index contributed by atoms with van der Waals surface area (Å²) >= 11 is 0. The maximum absolute atomic E-state index is 11.8. The van der Waals surface area contributed by atoms with E-state index in [1.54, 1.807) is 0 Å². The lowest BCUT2D eigenvalue weighted by Gasteiger charge is -2.33. The van der Waals surface area contributed by atoms with Gasteiger partial charge in [0.1, 0.15) is 0 Å². The molecule has 22 heavy (non-hydrogen) atoms. The summed E-state index contributed by atoms with van der Waals surface area (Å²) < 4.78 is 31.8. The van der Waals surface area contributed by atoms with Crippen molar-refractivity contribution in [2.24, 2.45) is 5.92 Å². The maximum atomic E-state index is 11.8. The van der Waals surface area contributed by atoms with Crippen LogP contribution in [0, 0.1) is 5.92 Å². The Bertz CT molecular complexity index is 414. The van der Waals surface area contributed by atoms with Gasteiger partial charge in [-0.15, -0.1) is 12.4 Å². The molecule has 1 heterocycles. The summed E-state index contributed by atoms with van der Waals surface area (Å²) in [6.45, 7) is 6.67. The third kappa shape index (κ3) is 6.29. The molecule has 0 aromatic heterocycles. The van der Waals surface area contributed by atoms with Gasteiger partial charge in [0, 0.05) is 31.2 Å². The monoisotopic (exact) mass is 355 g/mol. The zero-order valence-electron chi connectivity index (χ0n) is 13.5. The van der Waals surface area contributed by atoms with Gasteiger partial charge in [-0.1, -0.05) is 6.42 Å². The van der Waals surface area contributed by atoms with Gasteiger partial charge in [-0.25, -0.2) is 13.1 Å². The van der Waals surface area contributed by atoms with Crippen molar-refractivity contribution in [2.45, 2.75) is 51.2 Å². The highest BCUT2D eigenvalue weighted by Crippen LogP contribution is 2.29. The molecule has 132 valence electrons. The molecule has 0 aromatic rings. The van der Waals surface area contributed by atoms with Gasteiger partial charge in [0.15, 0.2) is 0 Å². The zero-order valence-corrected chi connectivity index (χ0v) is 15.1. The van der Waals surface area contributed by atoms with Gasteiger partial charge in [0.25, 0.3) is 0 Å². The summed E-state index contributed by atoms with van der Waals surface area (Å²) in [4.78, 5) is 0. The molecule has 2 aliphatic rings. The summed E-state index contributed by atoms with van der Waals surface area (Å²) in [5, 5.41) is 6.97. The van der Waals surface area contributed by atoms with Gasteiger partial charge in [-0.05, 0) is 32.6 Å². The van der Waals surface area contributed by atoms with Crippen LogP contribution in [-0.4, -0.2) is 58.6 Å². The predicted octanol–water partition coefficient (Wildman–Crippen LogP) is 0.483. The summed E-state index contributed by atoms with van der Waals surface area (Å²) in [6, 6.07) is 0.764. The topological polar surface area (TPSA) is 79.5 Å². The second-order valence-corrected chi connectivity index (χ2v) is 8.26. The Hall–Kier alpha value is 0.0800. The van der Waals surface area contributed by atoms with E-state index < -0.39 is 10.0 Å². The minimum atomic E-state index is -3.17. The third-order valence-corrected chi connectivity index (χ3v) is 5.80. The zero-order chi connectivity index (χ0) is 15.3. The predicted molar refractivity (Wildman–Crippen MR) is 91.0 cm³/mol. The number of rotatable bonds is 7. The first kappa shape index (κ1) is 20.1. The molecule has 0 amide bonds. The van der Waals surface area contributed by atoms with Crippen LogP contribution < -0.4 is 15.4 Å². The second-order valence-electron chi connectivity index (χ2n) is 6.38. The van der Waals surface area contributed by atoms with Gasteiger partial charge in [-0.3, -0.25) is 0 Å². The SMILES string of the molecule is CC(C)NS(=O)(=O)CCNC1CCCC1C1COCCN1.Cl. The van der Waals surface area contributed by atoms with Crippen molar-refractivity contribution >= 4 is 22.4 Å². The van der Waals surface area contributed by atoms with E-state index in [-0.39, 0.29) is 24.2 Å². The normalized spacial score (nSPS) is 29.5. The molecule has 6 nitrogen and oxygen atoms in total. The Balaban J connectivity index is 0.00000242. The van der Waals surface area contributed by atoms with E-state index in [4.69, 9.17) is 4.74 Å². The highest BCUT2D eigenvalue weighted by molar-refractivity contribution is 7.89. The Morgan fingerprint density at radius 1 is 1.32 bits per heavy atom.